The van der Waals surface area contributed by atoms with Crippen molar-refractivity contribution >= 4 is 41.0 Å². The first-order valence-electron chi connectivity index (χ1n) is 6.80. The van der Waals surface area contributed by atoms with Gasteiger partial charge < -0.3 is 15.4 Å². The smallest absolute Gasteiger partial charge is 0.408 e. The van der Waals surface area contributed by atoms with E-state index in [1.807, 2.05) is 0 Å². The number of ether oxygens (including phenoxy) is 1. The van der Waals surface area contributed by atoms with Gasteiger partial charge in [0.05, 0.1) is 11.6 Å². The van der Waals surface area contributed by atoms with Crippen molar-refractivity contribution in [2.75, 3.05) is 13.1 Å². The average molecular weight is 361 g/mol. The van der Waals surface area contributed by atoms with Gasteiger partial charge in [-0.05, 0) is 39.0 Å². The van der Waals surface area contributed by atoms with Crippen molar-refractivity contribution in [2.24, 2.45) is 0 Å². The van der Waals surface area contributed by atoms with Gasteiger partial charge >= 0.3 is 6.09 Å². The fourth-order valence-corrected chi connectivity index (χ4v) is 2.03. The topological polar surface area (TPSA) is 84.5 Å². The summed E-state index contributed by atoms with van der Waals surface area (Å²) in [5.41, 5.74) is -0.390. The molecule has 0 aromatic heterocycles. The minimum atomic E-state index is -0.709. The van der Waals surface area contributed by atoms with Crippen molar-refractivity contribution in [1.82, 2.24) is 10.6 Å². The lowest BCUT2D eigenvalue weighted by Gasteiger charge is -2.19. The molecule has 6 nitrogen and oxygen atoms in total. The Kier molecular flexibility index (Phi) is 6.84. The number of carbonyl (C=O) groups excluding carboxylic acids is 3. The third-order valence-corrected chi connectivity index (χ3v) is 3.02. The molecule has 23 heavy (non-hydrogen) atoms. The maximum Gasteiger partial charge on any atom is 0.408 e. The highest BCUT2D eigenvalue weighted by atomic mass is 35.5. The first kappa shape index (κ1) is 19.3. The van der Waals surface area contributed by atoms with Gasteiger partial charge in [-0.2, -0.15) is 0 Å². The maximum atomic E-state index is 12.0. The van der Waals surface area contributed by atoms with Crippen molar-refractivity contribution in [3.05, 3.63) is 33.8 Å². The van der Waals surface area contributed by atoms with Crippen molar-refractivity contribution in [2.45, 2.75) is 26.4 Å². The lowest BCUT2D eigenvalue weighted by atomic mass is 10.1. The Labute approximate surface area is 144 Å². The van der Waals surface area contributed by atoms with Gasteiger partial charge in [0.25, 0.3) is 0 Å². The summed E-state index contributed by atoms with van der Waals surface area (Å²) in [7, 11) is 0. The summed E-state index contributed by atoms with van der Waals surface area (Å²) in [4.78, 5) is 34.9. The molecule has 126 valence electrons. The number of halogens is 2. The van der Waals surface area contributed by atoms with E-state index in [1.54, 1.807) is 20.8 Å². The Morgan fingerprint density at radius 2 is 1.74 bits per heavy atom. The largest absolute Gasteiger partial charge is 0.444 e. The highest BCUT2D eigenvalue weighted by molar-refractivity contribution is 6.36. The van der Waals surface area contributed by atoms with Crippen molar-refractivity contribution < 1.29 is 19.1 Å². The van der Waals surface area contributed by atoms with Crippen molar-refractivity contribution in [1.29, 1.82) is 0 Å². The molecule has 0 aliphatic carbocycles. The van der Waals surface area contributed by atoms with Crippen LogP contribution < -0.4 is 10.6 Å². The molecule has 0 aliphatic heterocycles. The van der Waals surface area contributed by atoms with E-state index in [-0.39, 0.29) is 29.5 Å². The minimum Gasteiger partial charge on any atom is -0.444 e. The third-order valence-electron chi connectivity index (χ3n) is 2.47. The average Bonchev–Trinajstić information content (AvgIpc) is 2.40. The van der Waals surface area contributed by atoms with E-state index in [4.69, 9.17) is 27.9 Å². The monoisotopic (exact) mass is 360 g/mol. The van der Waals surface area contributed by atoms with E-state index >= 15 is 0 Å². The van der Waals surface area contributed by atoms with Crippen LogP contribution in [-0.2, 0) is 9.53 Å². The zero-order chi connectivity index (χ0) is 17.6. The molecule has 2 amide bonds. The first-order valence-corrected chi connectivity index (χ1v) is 7.56. The van der Waals surface area contributed by atoms with Crippen molar-refractivity contribution in [3.63, 3.8) is 0 Å². The highest BCUT2D eigenvalue weighted by Gasteiger charge is 2.17. The highest BCUT2D eigenvalue weighted by Crippen LogP contribution is 2.21. The number of ketones is 1. The molecule has 1 aromatic carbocycles. The number of hydrogen-bond acceptors (Lipinski definition) is 4. The summed E-state index contributed by atoms with van der Waals surface area (Å²) in [6.45, 7) is 4.59. The molecule has 0 bridgehead atoms. The molecule has 0 heterocycles. The molecule has 0 saturated carbocycles. The van der Waals surface area contributed by atoms with Gasteiger partial charge in [-0.25, -0.2) is 4.79 Å². The number of carbonyl (C=O) groups is 3. The van der Waals surface area contributed by atoms with Crippen LogP contribution in [0.2, 0.25) is 10.0 Å². The van der Waals surface area contributed by atoms with Gasteiger partial charge in [0.1, 0.15) is 12.1 Å². The van der Waals surface area contributed by atoms with E-state index in [1.165, 1.54) is 18.2 Å². The second kappa shape index (κ2) is 8.17. The quantitative estimate of drug-likeness (QED) is 0.790. The lowest BCUT2D eigenvalue weighted by molar-refractivity contribution is -0.120. The van der Waals surface area contributed by atoms with Gasteiger partial charge in [0.2, 0.25) is 5.91 Å². The Hall–Kier alpha value is -1.79. The van der Waals surface area contributed by atoms with Crippen LogP contribution >= 0.6 is 23.2 Å². The molecule has 0 unspecified atom stereocenters. The van der Waals surface area contributed by atoms with E-state index < -0.39 is 17.6 Å². The molecule has 0 fully saturated rings. The van der Waals surface area contributed by atoms with Gasteiger partial charge in [0.15, 0.2) is 5.78 Å². The number of hydrogen-bond donors (Lipinski definition) is 2. The summed E-state index contributed by atoms with van der Waals surface area (Å²) >= 11 is 11.7. The van der Waals surface area contributed by atoms with E-state index in [2.05, 4.69) is 10.6 Å². The van der Waals surface area contributed by atoms with E-state index in [0.29, 0.717) is 5.02 Å². The lowest BCUT2D eigenvalue weighted by Crippen LogP contribution is -2.41. The minimum absolute atomic E-state index is 0.212. The van der Waals surface area contributed by atoms with E-state index in [0.717, 1.165) is 0 Å². The zero-order valence-electron chi connectivity index (χ0n) is 13.0. The standard InChI is InChI=1S/C15H18Cl2N2O4/c1-15(2,3)23-14(22)19-8-13(21)18-7-12(20)10-5-4-9(16)6-11(10)17/h4-6H,7-8H2,1-3H3,(H,18,21)(H,19,22). The molecule has 0 atom stereocenters. The van der Waals surface area contributed by atoms with Crippen LogP contribution in [0.25, 0.3) is 0 Å². The molecule has 1 rings (SSSR count). The summed E-state index contributed by atoms with van der Waals surface area (Å²) in [5.74, 6) is -0.883. The Morgan fingerprint density at radius 3 is 2.30 bits per heavy atom. The summed E-state index contributed by atoms with van der Waals surface area (Å²) in [6, 6.07) is 4.47. The van der Waals surface area contributed by atoms with Gasteiger partial charge in [0, 0.05) is 10.6 Å². The summed E-state index contributed by atoms with van der Waals surface area (Å²) in [6.07, 6.45) is -0.709. The van der Waals surface area contributed by atoms with Crippen molar-refractivity contribution in [3.8, 4) is 0 Å². The molecule has 0 aliphatic rings. The predicted octanol–water partition coefficient (Wildman–Crippen LogP) is 2.82. The predicted molar refractivity (Wildman–Crippen MR) is 88.0 cm³/mol. The molecule has 0 radical (unpaired) electrons. The molecular formula is C15H18Cl2N2O4. The van der Waals surface area contributed by atoms with Crippen LogP contribution in [-0.4, -0.2) is 36.5 Å². The van der Waals surface area contributed by atoms with E-state index in [9.17, 15) is 14.4 Å². The molecule has 2 N–H and O–H groups in total. The molecule has 8 heteroatoms. The number of nitrogens with one attached hydrogen (secondary N) is 2. The summed E-state index contributed by atoms with van der Waals surface area (Å²) < 4.78 is 4.98. The number of benzene rings is 1. The number of amides is 2. The SMILES string of the molecule is CC(C)(C)OC(=O)NCC(=O)NCC(=O)c1ccc(Cl)cc1Cl. The molecular weight excluding hydrogens is 343 g/mol. The van der Waals surface area contributed by atoms with Crippen LogP contribution in [0.1, 0.15) is 31.1 Å². The van der Waals surface area contributed by atoms with Gasteiger partial charge in [-0.3, -0.25) is 9.59 Å². The fourth-order valence-electron chi connectivity index (χ4n) is 1.52. The van der Waals surface area contributed by atoms with Crippen LogP contribution in [0.4, 0.5) is 4.79 Å². The Bertz CT molecular complexity index is 612. The van der Waals surface area contributed by atoms with Gasteiger partial charge in [-0.15, -0.1) is 0 Å². The van der Waals surface area contributed by atoms with Crippen LogP contribution in [0, 0.1) is 0 Å². The number of rotatable bonds is 5. The maximum absolute atomic E-state index is 12.0. The fraction of sp³-hybridized carbons (Fsp3) is 0.400. The first-order chi connectivity index (χ1) is 10.6. The normalized spacial score (nSPS) is 10.8. The molecule has 0 saturated heterocycles. The second-order valence-corrected chi connectivity index (χ2v) is 6.52. The van der Waals surface area contributed by atoms with Crippen LogP contribution in [0.15, 0.2) is 18.2 Å². The van der Waals surface area contributed by atoms with Gasteiger partial charge in [-0.1, -0.05) is 23.2 Å². The zero-order valence-corrected chi connectivity index (χ0v) is 14.5. The molecule has 1 aromatic rings. The van der Waals surface area contributed by atoms with Crippen LogP contribution in [0.5, 0.6) is 0 Å². The number of alkyl carbamates (subject to hydrolysis) is 1. The Morgan fingerprint density at radius 1 is 1.09 bits per heavy atom. The third kappa shape index (κ3) is 7.34. The summed E-state index contributed by atoms with van der Waals surface area (Å²) in [5, 5.41) is 5.31. The molecule has 0 spiro atoms. The second-order valence-electron chi connectivity index (χ2n) is 5.68. The van der Waals surface area contributed by atoms with Crippen LogP contribution in [0.3, 0.4) is 0 Å². The Balaban J connectivity index is 2.41. The number of Topliss-reactive ketones (excluding diaryl/α,β-unsaturated/α-hetero) is 1.